The minimum atomic E-state index is -4.72. The van der Waals surface area contributed by atoms with Crippen molar-refractivity contribution >= 4 is 5.69 Å². The number of anilines is 1. The largest absolute Gasteiger partial charge is 0.416 e. The highest BCUT2D eigenvalue weighted by Gasteiger charge is 2.50. The summed E-state index contributed by atoms with van der Waals surface area (Å²) in [5.41, 5.74) is 10.7. The zero-order valence-corrected chi connectivity index (χ0v) is 20.2. The van der Waals surface area contributed by atoms with Gasteiger partial charge in [0.05, 0.1) is 22.6 Å². The Balaban J connectivity index is 2.17. The maximum Gasteiger partial charge on any atom is 0.416 e. The van der Waals surface area contributed by atoms with E-state index in [9.17, 15) is 31.6 Å². The van der Waals surface area contributed by atoms with E-state index < -0.39 is 40.9 Å². The van der Waals surface area contributed by atoms with E-state index in [0.717, 1.165) is 30.4 Å². The summed E-state index contributed by atoms with van der Waals surface area (Å²) in [7, 11) is 0. The van der Waals surface area contributed by atoms with Crippen LogP contribution in [0.1, 0.15) is 36.0 Å². The lowest BCUT2D eigenvalue weighted by molar-refractivity contribution is -0.137. The molecule has 3 unspecified atom stereocenters. The number of hydrogen-bond acceptors (Lipinski definition) is 3. The summed E-state index contributed by atoms with van der Waals surface area (Å²) < 4.78 is 83.6. The zero-order chi connectivity index (χ0) is 27.7. The van der Waals surface area contributed by atoms with Crippen LogP contribution in [0.25, 0.3) is 0 Å². The van der Waals surface area contributed by atoms with Crippen LogP contribution in [0.15, 0.2) is 95.6 Å². The van der Waals surface area contributed by atoms with Crippen LogP contribution < -0.4 is 11.5 Å². The van der Waals surface area contributed by atoms with Crippen LogP contribution in [0.2, 0.25) is 0 Å². The Hall–Kier alpha value is -3.77. The van der Waals surface area contributed by atoms with Gasteiger partial charge in [0.2, 0.25) is 0 Å². The molecule has 0 heterocycles. The first-order valence-electron chi connectivity index (χ1n) is 11.9. The van der Waals surface area contributed by atoms with E-state index in [1.165, 1.54) is 6.08 Å². The molecule has 2 aromatic carbocycles. The number of nitrogens with zero attached hydrogens (tertiary/aromatic N) is 1. The van der Waals surface area contributed by atoms with Crippen LogP contribution in [-0.2, 0) is 11.6 Å². The van der Waals surface area contributed by atoms with E-state index in [-0.39, 0.29) is 11.3 Å². The van der Waals surface area contributed by atoms with Gasteiger partial charge in [-0.3, -0.25) is 0 Å². The lowest BCUT2D eigenvalue weighted by Gasteiger charge is -2.46. The predicted octanol–water partition coefficient (Wildman–Crippen LogP) is 7.14. The molecule has 3 nitrogen and oxygen atoms in total. The molecule has 0 aliphatic heterocycles. The summed E-state index contributed by atoms with van der Waals surface area (Å²) in [5.74, 6) is -1.15. The van der Waals surface area contributed by atoms with Gasteiger partial charge >= 0.3 is 12.4 Å². The smallest absolute Gasteiger partial charge is 0.398 e. The summed E-state index contributed by atoms with van der Waals surface area (Å²) in [6, 6.07) is 12.4. The molecule has 0 fully saturated rings. The molecule has 2 aliphatic rings. The molecule has 3 atom stereocenters. The number of rotatable bonds is 4. The van der Waals surface area contributed by atoms with Crippen LogP contribution in [0.5, 0.6) is 0 Å². The van der Waals surface area contributed by atoms with E-state index in [0.29, 0.717) is 36.0 Å². The molecule has 0 bridgehead atoms. The molecule has 9 heteroatoms. The van der Waals surface area contributed by atoms with Crippen molar-refractivity contribution in [3.63, 3.8) is 0 Å². The lowest BCUT2D eigenvalue weighted by Crippen LogP contribution is -2.48. The Kier molecular flexibility index (Phi) is 7.31. The fraction of sp³-hybridized carbons (Fsp3) is 0.276. The van der Waals surface area contributed by atoms with Gasteiger partial charge in [-0.1, -0.05) is 60.2 Å². The Morgan fingerprint density at radius 1 is 0.868 bits per heavy atom. The second-order valence-corrected chi connectivity index (χ2v) is 9.41. The topological polar surface area (TPSA) is 75.8 Å². The second kappa shape index (κ2) is 10.2. The van der Waals surface area contributed by atoms with E-state index in [1.54, 1.807) is 42.5 Å². The average Bonchev–Trinajstić information content (AvgIpc) is 3.12. The van der Waals surface area contributed by atoms with Crippen molar-refractivity contribution in [2.45, 2.75) is 43.1 Å². The van der Waals surface area contributed by atoms with Crippen molar-refractivity contribution in [2.24, 2.45) is 11.7 Å². The van der Waals surface area contributed by atoms with Crippen molar-refractivity contribution in [2.75, 3.05) is 5.73 Å². The van der Waals surface area contributed by atoms with Crippen LogP contribution in [0.3, 0.4) is 0 Å². The number of benzene rings is 2. The fourth-order valence-electron chi connectivity index (χ4n) is 5.43. The first-order chi connectivity index (χ1) is 17.9. The molecule has 2 aliphatic carbocycles. The molecular formula is C29H25F6N3. The van der Waals surface area contributed by atoms with Crippen molar-refractivity contribution in [1.29, 1.82) is 5.26 Å². The Morgan fingerprint density at radius 2 is 1.58 bits per heavy atom. The van der Waals surface area contributed by atoms with Gasteiger partial charge in [0, 0.05) is 23.2 Å². The van der Waals surface area contributed by atoms with Crippen LogP contribution in [-0.4, -0.2) is 12.2 Å². The van der Waals surface area contributed by atoms with E-state index in [1.807, 2.05) is 0 Å². The molecule has 2 aromatic rings. The zero-order valence-electron chi connectivity index (χ0n) is 20.2. The molecule has 0 saturated heterocycles. The number of nitrogens with two attached hydrogens (primary N) is 2. The molecule has 0 saturated carbocycles. The van der Waals surface area contributed by atoms with Gasteiger partial charge in [-0.15, -0.1) is 0 Å². The van der Waals surface area contributed by atoms with Crippen LogP contribution in [0.4, 0.5) is 32.0 Å². The Labute approximate surface area is 216 Å². The summed E-state index contributed by atoms with van der Waals surface area (Å²) in [6.07, 6.45) is -1.93. The molecule has 0 aromatic heterocycles. The SMILES string of the molecule is N#CC1=CC=C(C(c2ccccc2)(c2cc(C(F)(F)F)ccc2N)C2C=C(C(F)(F)F)C=CC2N)CCC1. The summed E-state index contributed by atoms with van der Waals surface area (Å²) in [4.78, 5) is 0. The number of alkyl halides is 6. The van der Waals surface area contributed by atoms with Crippen molar-refractivity contribution in [3.8, 4) is 6.07 Å². The highest BCUT2D eigenvalue weighted by Crippen LogP contribution is 2.53. The average molecular weight is 530 g/mol. The van der Waals surface area contributed by atoms with Crippen molar-refractivity contribution < 1.29 is 26.3 Å². The third-order valence-electron chi connectivity index (χ3n) is 7.16. The molecule has 0 amide bonds. The van der Waals surface area contributed by atoms with Gasteiger partial charge < -0.3 is 11.5 Å². The van der Waals surface area contributed by atoms with Gasteiger partial charge in [-0.05, 0) is 54.7 Å². The van der Waals surface area contributed by atoms with Gasteiger partial charge in [-0.25, -0.2) is 0 Å². The molecule has 0 spiro atoms. The molecule has 4 rings (SSSR count). The predicted molar refractivity (Wildman–Crippen MR) is 133 cm³/mol. The normalized spacial score (nSPS) is 21.9. The van der Waals surface area contributed by atoms with Gasteiger partial charge in [0.1, 0.15) is 0 Å². The minimum absolute atomic E-state index is 0.00658. The highest BCUT2D eigenvalue weighted by atomic mass is 19.4. The first kappa shape index (κ1) is 27.3. The monoisotopic (exact) mass is 529 g/mol. The molecule has 198 valence electrons. The van der Waals surface area contributed by atoms with Gasteiger partial charge in [0.25, 0.3) is 0 Å². The van der Waals surface area contributed by atoms with Gasteiger partial charge in [-0.2, -0.15) is 31.6 Å². The number of allylic oxidation sites excluding steroid dienone is 6. The first-order valence-corrected chi connectivity index (χ1v) is 11.9. The summed E-state index contributed by atoms with van der Waals surface area (Å²) >= 11 is 0. The quantitative estimate of drug-likeness (QED) is 0.327. The van der Waals surface area contributed by atoms with Crippen molar-refractivity contribution in [1.82, 2.24) is 0 Å². The maximum absolute atomic E-state index is 13.9. The third-order valence-corrected chi connectivity index (χ3v) is 7.16. The molecule has 38 heavy (non-hydrogen) atoms. The van der Waals surface area contributed by atoms with Crippen molar-refractivity contribution in [3.05, 3.63) is 112 Å². The minimum Gasteiger partial charge on any atom is -0.398 e. The maximum atomic E-state index is 13.9. The number of nitrogen functional groups attached to an aromatic ring is 1. The molecule has 4 N–H and O–H groups in total. The number of nitriles is 1. The molecule has 0 radical (unpaired) electrons. The fourth-order valence-corrected chi connectivity index (χ4v) is 5.43. The lowest BCUT2D eigenvalue weighted by atomic mass is 9.57. The van der Waals surface area contributed by atoms with E-state index in [2.05, 4.69) is 6.07 Å². The standard InChI is InChI=1S/C29H25F6N3/c30-28(31,32)21-11-13-25(37)23(15-21)27(19-6-2-1-3-7-19,20-8-4-5-18(17-36)9-10-20)24-16-22(29(33,34)35)12-14-26(24)38/h1-3,6-7,9-16,23,25H,4-5,8,37-38H2. The number of hydrogen-bond donors (Lipinski definition) is 2. The van der Waals surface area contributed by atoms with Crippen LogP contribution in [0, 0.1) is 17.2 Å². The van der Waals surface area contributed by atoms with E-state index >= 15 is 0 Å². The van der Waals surface area contributed by atoms with Gasteiger partial charge in [0.15, 0.2) is 0 Å². The summed E-state index contributed by atoms with van der Waals surface area (Å²) in [6.45, 7) is 0. The molecular weight excluding hydrogens is 504 g/mol. The Bertz CT molecular complexity index is 1360. The van der Waals surface area contributed by atoms with E-state index in [4.69, 9.17) is 11.5 Å². The number of halogens is 6. The van der Waals surface area contributed by atoms with Crippen LogP contribution >= 0.6 is 0 Å². The summed E-state index contributed by atoms with van der Waals surface area (Å²) in [5, 5.41) is 9.47. The highest BCUT2D eigenvalue weighted by molar-refractivity contribution is 5.64. The second-order valence-electron chi connectivity index (χ2n) is 9.41. The Morgan fingerprint density at radius 3 is 2.21 bits per heavy atom. The third kappa shape index (κ3) is 5.01.